The van der Waals surface area contributed by atoms with E-state index in [4.69, 9.17) is 4.42 Å². The second-order valence-electron chi connectivity index (χ2n) is 11.0. The topological polar surface area (TPSA) is 28.9 Å². The van der Waals surface area contributed by atoms with Crippen LogP contribution in [0.25, 0.3) is 87.9 Å². The lowest BCUT2D eigenvalue weighted by atomic mass is 9.95. The predicted molar refractivity (Wildman–Crippen MR) is 177 cm³/mol. The molecule has 7 aromatic carbocycles. The summed E-state index contributed by atoms with van der Waals surface area (Å²) in [6, 6.07) is 52.0. The maximum absolute atomic E-state index is 6.35. The molecule has 9 aromatic rings. The third-order valence-electron chi connectivity index (χ3n) is 8.61. The van der Waals surface area contributed by atoms with Gasteiger partial charge >= 0.3 is 0 Å². The second-order valence-corrected chi connectivity index (χ2v) is 11.0. The van der Waals surface area contributed by atoms with Crippen molar-refractivity contribution in [2.75, 3.05) is 0 Å². The number of furan rings is 1. The fourth-order valence-corrected chi connectivity index (χ4v) is 6.64. The van der Waals surface area contributed by atoms with Crippen molar-refractivity contribution in [3.05, 3.63) is 146 Å². The Kier molecular flexibility index (Phi) is 4.93. The molecule has 0 aliphatic heterocycles. The molecule has 42 heavy (non-hydrogen) atoms. The van der Waals surface area contributed by atoms with Crippen molar-refractivity contribution in [3.63, 3.8) is 0 Å². The summed E-state index contributed by atoms with van der Waals surface area (Å²) in [6.45, 7) is 0. The van der Waals surface area contributed by atoms with Crippen LogP contribution in [-0.2, 0) is 0 Å². The van der Waals surface area contributed by atoms with Crippen LogP contribution in [0.2, 0.25) is 0 Å². The summed E-state index contributed by atoms with van der Waals surface area (Å²) in [5.41, 5.74) is 11.2. The van der Waals surface area contributed by atoms with Gasteiger partial charge in [-0.2, -0.15) is 0 Å². The normalized spacial score (nSPS) is 11.8. The van der Waals surface area contributed by atoms with Crippen molar-refractivity contribution in [2.24, 2.45) is 0 Å². The summed E-state index contributed by atoms with van der Waals surface area (Å²) < 4.78 is 6.35. The Balaban J connectivity index is 1.18. The summed E-state index contributed by atoms with van der Waals surface area (Å²) in [5, 5.41) is 7.38. The van der Waals surface area contributed by atoms with E-state index < -0.39 is 0 Å². The number of rotatable bonds is 3. The van der Waals surface area contributed by atoms with Gasteiger partial charge in [0.25, 0.3) is 0 Å². The molecule has 2 aromatic heterocycles. The zero-order valence-electron chi connectivity index (χ0n) is 22.8. The first-order valence-electron chi connectivity index (χ1n) is 14.4. The van der Waals surface area contributed by atoms with E-state index in [9.17, 15) is 0 Å². The number of hydrogen-bond donors (Lipinski definition) is 1. The minimum atomic E-state index is 0.919. The standard InChI is InChI=1S/C40H25NO/c1-2-14-30-25(9-1)21-22-36-38(30)35-19-7-16-31(39(35)41-36)28-12-5-10-26(23-28)27-11-6-13-29(24-27)32-17-8-18-34-33-15-3-4-20-37(33)42-40(32)34/h1-24,41H. The van der Waals surface area contributed by atoms with Gasteiger partial charge in [-0.25, -0.2) is 0 Å². The van der Waals surface area contributed by atoms with E-state index >= 15 is 0 Å². The Morgan fingerprint density at radius 3 is 1.88 bits per heavy atom. The lowest BCUT2D eigenvalue weighted by Crippen LogP contribution is -1.85. The zero-order valence-corrected chi connectivity index (χ0v) is 22.8. The van der Waals surface area contributed by atoms with E-state index in [1.54, 1.807) is 0 Å². The third-order valence-corrected chi connectivity index (χ3v) is 8.61. The lowest BCUT2D eigenvalue weighted by Gasteiger charge is -2.10. The largest absolute Gasteiger partial charge is 0.455 e. The molecule has 9 rings (SSSR count). The first kappa shape index (κ1) is 23.1. The molecule has 0 spiro atoms. The average molecular weight is 536 g/mol. The van der Waals surface area contributed by atoms with Crippen LogP contribution in [0.4, 0.5) is 0 Å². The Morgan fingerprint density at radius 2 is 1.05 bits per heavy atom. The molecule has 2 heterocycles. The highest BCUT2D eigenvalue weighted by Crippen LogP contribution is 2.39. The van der Waals surface area contributed by atoms with Crippen molar-refractivity contribution >= 4 is 54.5 Å². The van der Waals surface area contributed by atoms with E-state index in [0.29, 0.717) is 0 Å². The second kappa shape index (κ2) is 8.95. The van der Waals surface area contributed by atoms with Crippen molar-refractivity contribution in [1.29, 1.82) is 0 Å². The van der Waals surface area contributed by atoms with Gasteiger partial charge in [-0.05, 0) is 57.3 Å². The molecule has 0 saturated heterocycles. The van der Waals surface area contributed by atoms with Gasteiger partial charge in [-0.1, -0.05) is 121 Å². The SMILES string of the molecule is c1cc(-c2cccc(-c3cccc4c3oc3ccccc34)c2)cc(-c2cccc3c2[nH]c2ccc4ccccc4c23)c1. The van der Waals surface area contributed by atoms with E-state index in [1.807, 2.05) is 12.1 Å². The number of fused-ring (bicyclic) bond motifs is 8. The molecule has 1 N–H and O–H groups in total. The quantitative estimate of drug-likeness (QED) is 0.239. The molecule has 0 radical (unpaired) electrons. The summed E-state index contributed by atoms with van der Waals surface area (Å²) in [5.74, 6) is 0. The van der Waals surface area contributed by atoms with Crippen molar-refractivity contribution < 1.29 is 4.42 Å². The number of hydrogen-bond acceptors (Lipinski definition) is 1. The number of aromatic amines is 1. The molecule has 0 saturated carbocycles. The molecule has 0 bridgehead atoms. The minimum Gasteiger partial charge on any atom is -0.455 e. The summed E-state index contributed by atoms with van der Waals surface area (Å²) in [4.78, 5) is 3.74. The summed E-state index contributed by atoms with van der Waals surface area (Å²) >= 11 is 0. The fourth-order valence-electron chi connectivity index (χ4n) is 6.64. The molecule has 0 fully saturated rings. The van der Waals surface area contributed by atoms with E-state index in [2.05, 4.69) is 138 Å². The monoisotopic (exact) mass is 535 g/mol. The highest BCUT2D eigenvalue weighted by atomic mass is 16.3. The molecule has 2 nitrogen and oxygen atoms in total. The maximum atomic E-state index is 6.35. The van der Waals surface area contributed by atoms with Gasteiger partial charge in [0, 0.05) is 38.2 Å². The molecule has 2 heteroatoms. The van der Waals surface area contributed by atoms with Crippen LogP contribution in [-0.4, -0.2) is 4.98 Å². The Bertz CT molecular complexity index is 2470. The molecule has 0 aliphatic rings. The number of aromatic nitrogens is 1. The highest BCUT2D eigenvalue weighted by Gasteiger charge is 2.14. The number of benzene rings is 7. The predicted octanol–water partition coefficient (Wildman–Crippen LogP) is 11.4. The van der Waals surface area contributed by atoms with Gasteiger partial charge in [-0.15, -0.1) is 0 Å². The molecule has 0 unspecified atom stereocenters. The lowest BCUT2D eigenvalue weighted by molar-refractivity contribution is 0.670. The first-order valence-corrected chi connectivity index (χ1v) is 14.4. The minimum absolute atomic E-state index is 0.919. The van der Waals surface area contributed by atoms with Crippen LogP contribution in [0.15, 0.2) is 150 Å². The molecule has 196 valence electrons. The Hall–Kier alpha value is -5.60. The Labute approximate surface area is 242 Å². The van der Waals surface area contributed by atoms with Gasteiger partial charge in [0.05, 0.1) is 5.52 Å². The summed E-state index contributed by atoms with van der Waals surface area (Å²) in [6.07, 6.45) is 0. The summed E-state index contributed by atoms with van der Waals surface area (Å²) in [7, 11) is 0. The average Bonchev–Trinajstić information content (AvgIpc) is 3.64. The molecular formula is C40H25NO. The van der Waals surface area contributed by atoms with Crippen LogP contribution >= 0.6 is 0 Å². The smallest absolute Gasteiger partial charge is 0.143 e. The molecular weight excluding hydrogens is 510 g/mol. The highest BCUT2D eigenvalue weighted by molar-refractivity contribution is 6.22. The van der Waals surface area contributed by atoms with Crippen molar-refractivity contribution in [2.45, 2.75) is 0 Å². The van der Waals surface area contributed by atoms with Gasteiger partial charge in [0.2, 0.25) is 0 Å². The number of nitrogens with one attached hydrogen (secondary N) is 1. The van der Waals surface area contributed by atoms with Crippen molar-refractivity contribution in [1.82, 2.24) is 4.98 Å². The van der Waals surface area contributed by atoms with Gasteiger partial charge in [-0.3, -0.25) is 0 Å². The van der Waals surface area contributed by atoms with Gasteiger partial charge < -0.3 is 9.40 Å². The van der Waals surface area contributed by atoms with Crippen LogP contribution in [0.1, 0.15) is 0 Å². The van der Waals surface area contributed by atoms with E-state index in [0.717, 1.165) is 33.1 Å². The zero-order chi connectivity index (χ0) is 27.6. The van der Waals surface area contributed by atoms with Crippen LogP contribution in [0.3, 0.4) is 0 Å². The van der Waals surface area contributed by atoms with Gasteiger partial charge in [0.15, 0.2) is 0 Å². The Morgan fingerprint density at radius 1 is 0.429 bits per heavy atom. The van der Waals surface area contributed by atoms with Crippen LogP contribution < -0.4 is 0 Å². The van der Waals surface area contributed by atoms with Gasteiger partial charge in [0.1, 0.15) is 11.2 Å². The molecule has 0 atom stereocenters. The van der Waals surface area contributed by atoms with Crippen LogP contribution in [0.5, 0.6) is 0 Å². The van der Waals surface area contributed by atoms with Crippen molar-refractivity contribution in [3.8, 4) is 33.4 Å². The van der Waals surface area contributed by atoms with Crippen LogP contribution in [0, 0.1) is 0 Å². The first-order chi connectivity index (χ1) is 20.8. The number of H-pyrrole nitrogens is 1. The molecule has 0 amide bonds. The maximum Gasteiger partial charge on any atom is 0.143 e. The fraction of sp³-hybridized carbons (Fsp3) is 0. The third kappa shape index (κ3) is 3.45. The van der Waals surface area contributed by atoms with E-state index in [1.165, 1.54) is 54.8 Å². The number of para-hydroxylation sites is 3. The molecule has 0 aliphatic carbocycles. The van der Waals surface area contributed by atoms with E-state index in [-0.39, 0.29) is 0 Å².